The number of nitrogens with one attached hydrogen (secondary N) is 1. The van der Waals surface area contributed by atoms with Gasteiger partial charge >= 0.3 is 0 Å². The van der Waals surface area contributed by atoms with E-state index in [2.05, 4.69) is 25.1 Å². The number of pyridine rings is 2. The summed E-state index contributed by atoms with van der Waals surface area (Å²) in [5, 5.41) is 8.12. The van der Waals surface area contributed by atoms with E-state index < -0.39 is 5.92 Å². The predicted molar refractivity (Wildman–Crippen MR) is 116 cm³/mol. The largest absolute Gasteiger partial charge is 0.338 e. The number of carbonyl (C=O) groups excluding carboxylic acids is 1. The Kier molecular flexibility index (Phi) is 4.49. The van der Waals surface area contributed by atoms with E-state index >= 15 is 0 Å². The number of piperidine rings is 1. The lowest BCUT2D eigenvalue weighted by molar-refractivity contribution is -0.0494. The second-order valence-electron chi connectivity index (χ2n) is 8.72. The number of halogens is 2. The maximum Gasteiger partial charge on any atom is 0.255 e. The van der Waals surface area contributed by atoms with Gasteiger partial charge in [-0.25, -0.2) is 18.7 Å². The summed E-state index contributed by atoms with van der Waals surface area (Å²) in [6.07, 6.45) is 8.49. The molecule has 0 unspecified atom stereocenters. The van der Waals surface area contributed by atoms with Gasteiger partial charge in [0, 0.05) is 61.4 Å². The second kappa shape index (κ2) is 7.43. The zero-order valence-electron chi connectivity index (χ0n) is 17.7. The van der Waals surface area contributed by atoms with Crippen LogP contribution in [0.25, 0.3) is 28.1 Å². The number of hydrogen-bond donors (Lipinski definition) is 1. The first-order valence-electron chi connectivity index (χ1n) is 11.0. The lowest BCUT2D eigenvalue weighted by atomic mass is 10.1. The Balaban J connectivity index is 1.27. The van der Waals surface area contributed by atoms with Crippen LogP contribution < -0.4 is 0 Å². The summed E-state index contributed by atoms with van der Waals surface area (Å²) in [5.74, 6) is -0.955. The Morgan fingerprint density at radius 3 is 2.73 bits per heavy atom. The molecule has 1 saturated carbocycles. The van der Waals surface area contributed by atoms with Crippen molar-refractivity contribution in [3.8, 4) is 17.1 Å². The third-order valence-corrected chi connectivity index (χ3v) is 6.28. The lowest BCUT2D eigenvalue weighted by Gasteiger charge is -2.31. The number of likely N-dealkylation sites (tertiary alicyclic amines) is 1. The summed E-state index contributed by atoms with van der Waals surface area (Å²) in [4.78, 5) is 27.7. The molecule has 0 spiro atoms. The monoisotopic (exact) mass is 449 g/mol. The number of rotatable bonds is 4. The van der Waals surface area contributed by atoms with Gasteiger partial charge in [-0.15, -0.1) is 0 Å². The molecular weight excluding hydrogens is 428 g/mol. The van der Waals surface area contributed by atoms with Gasteiger partial charge < -0.3 is 4.90 Å². The van der Waals surface area contributed by atoms with E-state index in [1.807, 2.05) is 22.9 Å². The van der Waals surface area contributed by atoms with Gasteiger partial charge in [0.25, 0.3) is 11.8 Å². The van der Waals surface area contributed by atoms with E-state index in [1.54, 1.807) is 18.5 Å². The average Bonchev–Trinajstić information content (AvgIpc) is 3.39. The van der Waals surface area contributed by atoms with Crippen molar-refractivity contribution in [2.24, 2.45) is 0 Å². The van der Waals surface area contributed by atoms with E-state index in [0.29, 0.717) is 23.0 Å². The zero-order chi connectivity index (χ0) is 22.6. The van der Waals surface area contributed by atoms with E-state index in [-0.39, 0.29) is 31.8 Å². The van der Waals surface area contributed by atoms with Gasteiger partial charge in [-0.05, 0) is 31.0 Å². The minimum absolute atomic E-state index is 0.0486. The predicted octanol–water partition coefficient (Wildman–Crippen LogP) is 3.95. The fourth-order valence-corrected chi connectivity index (χ4v) is 4.19. The van der Waals surface area contributed by atoms with Gasteiger partial charge in [-0.1, -0.05) is 0 Å². The number of nitrogens with zero attached hydrogens (tertiary/aromatic N) is 6. The zero-order valence-corrected chi connectivity index (χ0v) is 17.7. The fraction of sp³-hybridized carbons (Fsp3) is 0.348. The maximum atomic E-state index is 13.4. The number of aromatic amines is 1. The summed E-state index contributed by atoms with van der Waals surface area (Å²) < 4.78 is 28.7. The van der Waals surface area contributed by atoms with Gasteiger partial charge in [0.1, 0.15) is 11.5 Å². The van der Waals surface area contributed by atoms with Crippen LogP contribution >= 0.6 is 0 Å². The first-order valence-corrected chi connectivity index (χ1v) is 11.0. The normalized spacial score (nSPS) is 18.1. The number of H-pyrrole nitrogens is 1. The van der Waals surface area contributed by atoms with Crippen molar-refractivity contribution in [3.05, 3.63) is 54.4 Å². The number of amides is 1. The highest BCUT2D eigenvalue weighted by atomic mass is 19.3. The van der Waals surface area contributed by atoms with Crippen molar-refractivity contribution < 1.29 is 13.6 Å². The molecule has 6 rings (SSSR count). The summed E-state index contributed by atoms with van der Waals surface area (Å²) in [6.45, 7) is 0.0973. The highest BCUT2D eigenvalue weighted by Gasteiger charge is 2.36. The van der Waals surface area contributed by atoms with Crippen LogP contribution in [0.5, 0.6) is 0 Å². The first-order chi connectivity index (χ1) is 16.0. The first kappa shape index (κ1) is 20.0. The van der Waals surface area contributed by atoms with Crippen LogP contribution in [0.4, 0.5) is 8.78 Å². The average molecular weight is 449 g/mol. The summed E-state index contributed by atoms with van der Waals surface area (Å²) in [6, 6.07) is 5.57. The second-order valence-corrected chi connectivity index (χ2v) is 8.72. The molecule has 168 valence electrons. The molecule has 1 aliphatic heterocycles. The topological polar surface area (TPSA) is 92.6 Å². The Hall–Kier alpha value is -3.69. The van der Waals surface area contributed by atoms with Gasteiger partial charge in [-0.3, -0.25) is 19.4 Å². The minimum atomic E-state index is -2.69. The molecule has 1 amide bonds. The molecule has 0 atom stereocenters. The summed E-state index contributed by atoms with van der Waals surface area (Å²) in [5.41, 5.74) is 2.66. The number of fused-ring (bicyclic) bond motifs is 1. The molecule has 0 bridgehead atoms. The van der Waals surface area contributed by atoms with E-state index in [9.17, 15) is 13.6 Å². The molecule has 4 aromatic heterocycles. The Labute approximate surface area is 187 Å². The minimum Gasteiger partial charge on any atom is -0.338 e. The molecule has 0 radical (unpaired) electrons. The van der Waals surface area contributed by atoms with Crippen molar-refractivity contribution in [2.75, 3.05) is 13.1 Å². The third-order valence-electron chi connectivity index (χ3n) is 6.28. The number of aromatic nitrogens is 6. The van der Waals surface area contributed by atoms with Gasteiger partial charge in [-0.2, -0.15) is 5.10 Å². The standard InChI is InChI=1S/C23H21F2N7O/c24-23(25)4-7-31(8-5-23)22(33)17-9-15-3-6-32(21(15)27-12-17)18-10-16(11-26-13-18)20-28-19(29-30-20)14-1-2-14/h3,6,9-14H,1-2,4-5,7-8H2,(H,28,29,30). The SMILES string of the molecule is O=C(c1cnc2c(ccn2-c2cncc(-c3n[nH]c(C4CC4)n3)c2)c1)N1CCC(F)(F)CC1. The van der Waals surface area contributed by atoms with Crippen molar-refractivity contribution in [3.63, 3.8) is 0 Å². The van der Waals surface area contributed by atoms with Crippen LogP contribution in [0.1, 0.15) is 47.8 Å². The molecule has 1 saturated heterocycles. The number of carbonyl (C=O) groups is 1. The van der Waals surface area contributed by atoms with Crippen molar-refractivity contribution in [1.82, 2.24) is 34.6 Å². The molecule has 2 fully saturated rings. The van der Waals surface area contributed by atoms with Crippen LogP contribution in [0, 0.1) is 0 Å². The lowest BCUT2D eigenvalue weighted by Crippen LogP contribution is -2.42. The van der Waals surface area contributed by atoms with Crippen LogP contribution in [0.2, 0.25) is 0 Å². The number of hydrogen-bond acceptors (Lipinski definition) is 5. The van der Waals surface area contributed by atoms with Gasteiger partial charge in [0.05, 0.1) is 17.4 Å². The molecule has 10 heteroatoms. The highest BCUT2D eigenvalue weighted by molar-refractivity contribution is 5.97. The van der Waals surface area contributed by atoms with Crippen molar-refractivity contribution in [1.29, 1.82) is 0 Å². The molecule has 8 nitrogen and oxygen atoms in total. The van der Waals surface area contributed by atoms with Crippen LogP contribution in [-0.2, 0) is 0 Å². The highest BCUT2D eigenvalue weighted by Crippen LogP contribution is 2.38. The number of alkyl halides is 2. The summed E-state index contributed by atoms with van der Waals surface area (Å²) in [7, 11) is 0. The Morgan fingerprint density at radius 1 is 1.12 bits per heavy atom. The molecule has 4 aromatic rings. The van der Waals surface area contributed by atoms with Crippen LogP contribution in [0.3, 0.4) is 0 Å². The Bertz CT molecular complexity index is 1350. The van der Waals surface area contributed by atoms with Gasteiger partial charge in [0.2, 0.25) is 0 Å². The molecular formula is C23H21F2N7O. The van der Waals surface area contributed by atoms with Crippen molar-refractivity contribution >= 4 is 16.9 Å². The van der Waals surface area contributed by atoms with E-state index in [1.165, 1.54) is 11.1 Å². The van der Waals surface area contributed by atoms with E-state index in [4.69, 9.17) is 0 Å². The third kappa shape index (κ3) is 3.75. The molecule has 33 heavy (non-hydrogen) atoms. The quantitative estimate of drug-likeness (QED) is 0.509. The van der Waals surface area contributed by atoms with Crippen molar-refractivity contribution in [2.45, 2.75) is 37.5 Å². The Morgan fingerprint density at radius 2 is 1.94 bits per heavy atom. The van der Waals surface area contributed by atoms with Crippen LogP contribution in [-0.4, -0.2) is 59.5 Å². The molecule has 0 aromatic carbocycles. The maximum absolute atomic E-state index is 13.4. The fourth-order valence-electron chi connectivity index (χ4n) is 4.19. The van der Waals surface area contributed by atoms with Gasteiger partial charge in [0.15, 0.2) is 5.82 Å². The smallest absolute Gasteiger partial charge is 0.255 e. The van der Waals surface area contributed by atoms with E-state index in [0.717, 1.165) is 35.3 Å². The molecule has 5 heterocycles. The van der Waals surface area contributed by atoms with Crippen LogP contribution in [0.15, 0.2) is 43.0 Å². The molecule has 2 aliphatic rings. The molecule has 1 N–H and O–H groups in total. The summed E-state index contributed by atoms with van der Waals surface area (Å²) >= 11 is 0. The molecule has 1 aliphatic carbocycles.